The molecule has 0 unspecified atom stereocenters. The van der Waals surface area contributed by atoms with E-state index < -0.39 is 24.9 Å². The van der Waals surface area contributed by atoms with Crippen molar-refractivity contribution in [3.8, 4) is 0 Å². The summed E-state index contributed by atoms with van der Waals surface area (Å²) in [5.41, 5.74) is 1.07. The van der Waals surface area contributed by atoms with Crippen molar-refractivity contribution in [3.05, 3.63) is 47.8 Å². The first kappa shape index (κ1) is 22.4. The number of nitrogens with zero attached hydrogens (tertiary/aromatic N) is 4. The number of aromatic nitrogens is 3. The van der Waals surface area contributed by atoms with Crippen molar-refractivity contribution in [1.82, 2.24) is 25.2 Å². The van der Waals surface area contributed by atoms with Gasteiger partial charge in [-0.3, -0.25) is 9.59 Å². The zero-order chi connectivity index (χ0) is 22.6. The molecule has 2 amide bonds. The van der Waals surface area contributed by atoms with E-state index in [-0.39, 0.29) is 30.0 Å². The average molecular weight is 446 g/mol. The van der Waals surface area contributed by atoms with Crippen molar-refractivity contribution in [3.63, 3.8) is 0 Å². The monoisotopic (exact) mass is 445 g/mol. The van der Waals surface area contributed by atoms with Crippen LogP contribution in [0.15, 0.2) is 36.5 Å². The molecule has 1 N–H and O–H groups in total. The highest BCUT2D eigenvalue weighted by atomic mass is 19.3. The Balaban J connectivity index is 1.35. The Morgan fingerprint density at radius 1 is 1.12 bits per heavy atom. The third-order valence-electron chi connectivity index (χ3n) is 6.35. The Kier molecular flexibility index (Phi) is 6.81. The van der Waals surface area contributed by atoms with E-state index in [4.69, 9.17) is 0 Å². The molecule has 1 atom stereocenters. The maximum atomic E-state index is 14.2. The van der Waals surface area contributed by atoms with Crippen LogP contribution in [0.2, 0.25) is 0 Å². The molecule has 2 aromatic rings. The molecule has 2 aliphatic rings. The second-order valence-electron chi connectivity index (χ2n) is 8.94. The van der Waals surface area contributed by atoms with Crippen LogP contribution < -0.4 is 5.32 Å². The fourth-order valence-corrected chi connectivity index (χ4v) is 4.68. The Morgan fingerprint density at radius 3 is 2.62 bits per heavy atom. The van der Waals surface area contributed by atoms with Crippen molar-refractivity contribution in [2.75, 3.05) is 6.54 Å². The maximum absolute atomic E-state index is 14.2. The van der Waals surface area contributed by atoms with E-state index in [1.165, 1.54) is 22.2 Å². The molecule has 2 heterocycles. The minimum absolute atomic E-state index is 0.0883. The molecule has 1 saturated heterocycles. The number of alkyl halides is 2. The van der Waals surface area contributed by atoms with Gasteiger partial charge in [-0.05, 0) is 24.3 Å². The predicted molar refractivity (Wildman–Crippen MR) is 114 cm³/mol. The van der Waals surface area contributed by atoms with Gasteiger partial charge < -0.3 is 10.2 Å². The summed E-state index contributed by atoms with van der Waals surface area (Å²) in [6.45, 7) is -0.113. The molecule has 9 heteroatoms. The zero-order valence-corrected chi connectivity index (χ0v) is 18.1. The Morgan fingerprint density at radius 2 is 1.88 bits per heavy atom. The van der Waals surface area contributed by atoms with Crippen molar-refractivity contribution in [2.24, 2.45) is 5.92 Å². The topological polar surface area (TPSA) is 80.1 Å². The van der Waals surface area contributed by atoms with Crippen LogP contribution in [-0.2, 0) is 17.9 Å². The number of rotatable bonds is 7. The first-order valence-electron chi connectivity index (χ1n) is 11.3. The number of hydrogen-bond donors (Lipinski definition) is 1. The largest absolute Gasteiger partial charge is 0.347 e. The van der Waals surface area contributed by atoms with E-state index in [2.05, 4.69) is 15.6 Å². The number of nitrogens with one attached hydrogen (secondary N) is 1. The van der Waals surface area contributed by atoms with Gasteiger partial charge in [0.25, 0.3) is 11.8 Å². The molecule has 32 heavy (non-hydrogen) atoms. The van der Waals surface area contributed by atoms with Gasteiger partial charge in [-0.25, -0.2) is 13.5 Å². The maximum Gasteiger partial charge on any atom is 0.273 e. The summed E-state index contributed by atoms with van der Waals surface area (Å²) in [6.07, 6.45) is 6.74. The number of halogens is 2. The van der Waals surface area contributed by atoms with E-state index in [0.29, 0.717) is 13.0 Å². The van der Waals surface area contributed by atoms with Crippen LogP contribution in [0, 0.1) is 5.92 Å². The Labute approximate surface area is 186 Å². The van der Waals surface area contributed by atoms with E-state index in [0.717, 1.165) is 31.2 Å². The van der Waals surface area contributed by atoms with Crippen LogP contribution >= 0.6 is 0 Å². The molecule has 0 radical (unpaired) electrons. The third-order valence-corrected chi connectivity index (χ3v) is 6.35. The van der Waals surface area contributed by atoms with Crippen LogP contribution in [0.5, 0.6) is 0 Å². The molecule has 172 valence electrons. The molecule has 0 spiro atoms. The molecule has 7 nitrogen and oxygen atoms in total. The summed E-state index contributed by atoms with van der Waals surface area (Å²) >= 11 is 0. The molecule has 1 saturated carbocycles. The summed E-state index contributed by atoms with van der Waals surface area (Å²) in [4.78, 5) is 26.5. The zero-order valence-electron chi connectivity index (χ0n) is 18.1. The fourth-order valence-electron chi connectivity index (χ4n) is 4.68. The van der Waals surface area contributed by atoms with Gasteiger partial charge in [0, 0.05) is 19.4 Å². The summed E-state index contributed by atoms with van der Waals surface area (Å²) in [5, 5.41) is 10.6. The number of amides is 2. The highest BCUT2D eigenvalue weighted by Crippen LogP contribution is 2.35. The quantitative estimate of drug-likeness (QED) is 0.708. The molecular formula is C23H29F2N5O2. The second kappa shape index (κ2) is 9.75. The van der Waals surface area contributed by atoms with Crippen molar-refractivity contribution in [2.45, 2.75) is 70.0 Å². The molecule has 1 aromatic carbocycles. The fraction of sp³-hybridized carbons (Fsp3) is 0.565. The van der Waals surface area contributed by atoms with Gasteiger partial charge in [-0.2, -0.15) is 0 Å². The number of carbonyl (C=O) groups is 2. The second-order valence-corrected chi connectivity index (χ2v) is 8.94. The Bertz CT molecular complexity index is 927. The normalized spacial score (nSPS) is 20.9. The number of benzene rings is 1. The van der Waals surface area contributed by atoms with Crippen LogP contribution in [-0.4, -0.2) is 50.2 Å². The summed E-state index contributed by atoms with van der Waals surface area (Å²) in [6, 6.07) is 8.80. The lowest BCUT2D eigenvalue weighted by Gasteiger charge is -2.27. The minimum atomic E-state index is -2.91. The summed E-state index contributed by atoms with van der Waals surface area (Å²) in [5.74, 6) is -3.22. The van der Waals surface area contributed by atoms with Crippen LogP contribution in [0.4, 0.5) is 8.78 Å². The SMILES string of the molecule is O=C(NCc1ccccc1)c1cn(C[C@@H]2CC(F)(F)CN2C(=O)CC2CCCCC2)nn1. The lowest BCUT2D eigenvalue weighted by Crippen LogP contribution is -2.39. The van der Waals surface area contributed by atoms with Crippen LogP contribution in [0.1, 0.15) is 61.0 Å². The van der Waals surface area contributed by atoms with Gasteiger partial charge in [-0.15, -0.1) is 5.10 Å². The summed E-state index contributed by atoms with van der Waals surface area (Å²) < 4.78 is 29.7. The molecule has 1 aliphatic carbocycles. The smallest absolute Gasteiger partial charge is 0.273 e. The summed E-state index contributed by atoms with van der Waals surface area (Å²) in [7, 11) is 0. The van der Waals surface area contributed by atoms with Crippen molar-refractivity contribution >= 4 is 11.8 Å². The van der Waals surface area contributed by atoms with Gasteiger partial charge in [0.05, 0.1) is 25.3 Å². The van der Waals surface area contributed by atoms with Crippen molar-refractivity contribution in [1.29, 1.82) is 0 Å². The number of hydrogen-bond acceptors (Lipinski definition) is 4. The first-order valence-corrected chi connectivity index (χ1v) is 11.3. The van der Waals surface area contributed by atoms with E-state index in [1.54, 1.807) is 0 Å². The van der Waals surface area contributed by atoms with Crippen molar-refractivity contribution < 1.29 is 18.4 Å². The first-order chi connectivity index (χ1) is 15.4. The molecule has 4 rings (SSSR count). The van der Waals surface area contributed by atoms with E-state index in [1.807, 2.05) is 30.3 Å². The highest BCUT2D eigenvalue weighted by molar-refractivity contribution is 5.91. The third kappa shape index (κ3) is 5.69. The molecule has 0 bridgehead atoms. The van der Waals surface area contributed by atoms with Gasteiger partial charge in [0.15, 0.2) is 5.69 Å². The van der Waals surface area contributed by atoms with Gasteiger partial charge in [0.2, 0.25) is 5.91 Å². The highest BCUT2D eigenvalue weighted by Gasteiger charge is 2.47. The van der Waals surface area contributed by atoms with E-state index >= 15 is 0 Å². The molecular weight excluding hydrogens is 416 g/mol. The van der Waals surface area contributed by atoms with Crippen LogP contribution in [0.3, 0.4) is 0 Å². The standard InChI is InChI=1S/C23H29F2N5O2/c24-23(25)12-19(30(16-23)21(31)11-17-7-3-1-4-8-17)14-29-15-20(27-28-29)22(32)26-13-18-9-5-2-6-10-18/h2,5-6,9-10,15,17,19H,1,3-4,7-8,11-14,16H2,(H,26,32)/t19-/m0/s1. The van der Waals surface area contributed by atoms with Crippen LogP contribution in [0.25, 0.3) is 0 Å². The average Bonchev–Trinajstić information content (AvgIpc) is 3.37. The predicted octanol–water partition coefficient (Wildman–Crippen LogP) is 3.41. The number of likely N-dealkylation sites (tertiary alicyclic amines) is 1. The van der Waals surface area contributed by atoms with Gasteiger partial charge in [0.1, 0.15) is 0 Å². The lowest BCUT2D eigenvalue weighted by molar-refractivity contribution is -0.134. The van der Waals surface area contributed by atoms with Gasteiger partial charge in [-0.1, -0.05) is 54.8 Å². The molecule has 1 aromatic heterocycles. The Hall–Kier alpha value is -2.84. The minimum Gasteiger partial charge on any atom is -0.347 e. The van der Waals surface area contributed by atoms with E-state index in [9.17, 15) is 18.4 Å². The number of carbonyl (C=O) groups excluding carboxylic acids is 2. The molecule has 1 aliphatic heterocycles. The lowest BCUT2D eigenvalue weighted by atomic mass is 9.86. The molecule has 2 fully saturated rings. The van der Waals surface area contributed by atoms with Gasteiger partial charge >= 0.3 is 0 Å².